The van der Waals surface area contributed by atoms with Crippen LogP contribution in [0, 0.1) is 5.82 Å². The fourth-order valence-electron chi connectivity index (χ4n) is 1.74. The van der Waals surface area contributed by atoms with Gasteiger partial charge in [0.15, 0.2) is 0 Å². The van der Waals surface area contributed by atoms with Crippen LogP contribution in [-0.4, -0.2) is 20.1 Å². The van der Waals surface area contributed by atoms with E-state index in [9.17, 15) is 12.8 Å². The monoisotopic (exact) mass is 349 g/mol. The lowest BCUT2D eigenvalue weighted by Crippen LogP contribution is -2.26. The van der Waals surface area contributed by atoms with Gasteiger partial charge < -0.3 is 5.11 Å². The first kappa shape index (κ1) is 16.4. The number of hydrogen-bond donors (Lipinski definition) is 2. The molecule has 21 heavy (non-hydrogen) atoms. The summed E-state index contributed by atoms with van der Waals surface area (Å²) in [5.74, 6) is -0.873. The van der Waals surface area contributed by atoms with E-state index >= 15 is 0 Å². The molecular weight excluding hydrogens is 337 g/mol. The number of thiophene rings is 1. The SMILES string of the molecule is O=S(=O)(NCCc1cccs1)c1cc(F)c(Cl)c(CO)c1. The molecule has 4 nitrogen and oxygen atoms in total. The van der Waals surface area contributed by atoms with E-state index in [0.717, 1.165) is 10.9 Å². The molecule has 0 spiro atoms. The van der Waals surface area contributed by atoms with E-state index < -0.39 is 22.4 Å². The van der Waals surface area contributed by atoms with Gasteiger partial charge in [0, 0.05) is 17.0 Å². The van der Waals surface area contributed by atoms with Crippen LogP contribution in [0.2, 0.25) is 5.02 Å². The standard InChI is InChI=1S/C13H13ClFNO3S2/c14-13-9(8-17)6-11(7-12(13)15)21(18,19)16-4-3-10-2-1-5-20-10/h1-2,5-7,16-17H,3-4,8H2. The lowest BCUT2D eigenvalue weighted by Gasteiger charge is -2.09. The molecule has 0 amide bonds. The van der Waals surface area contributed by atoms with E-state index in [4.69, 9.17) is 16.7 Å². The molecule has 1 heterocycles. The van der Waals surface area contributed by atoms with Gasteiger partial charge >= 0.3 is 0 Å². The van der Waals surface area contributed by atoms with Gasteiger partial charge in [-0.15, -0.1) is 11.3 Å². The molecule has 0 saturated heterocycles. The van der Waals surface area contributed by atoms with Crippen molar-refractivity contribution in [2.24, 2.45) is 0 Å². The Bertz CT molecular complexity index is 717. The summed E-state index contributed by atoms with van der Waals surface area (Å²) in [6.07, 6.45) is 0.555. The maximum absolute atomic E-state index is 13.6. The molecule has 2 N–H and O–H groups in total. The number of rotatable bonds is 6. The molecule has 0 aliphatic rings. The molecule has 2 rings (SSSR count). The van der Waals surface area contributed by atoms with Gasteiger partial charge in [0.05, 0.1) is 16.5 Å². The van der Waals surface area contributed by atoms with Crippen LogP contribution < -0.4 is 4.72 Å². The van der Waals surface area contributed by atoms with Crippen LogP contribution in [0.3, 0.4) is 0 Å². The summed E-state index contributed by atoms with van der Waals surface area (Å²) < 4.78 is 40.2. The highest BCUT2D eigenvalue weighted by atomic mass is 35.5. The first-order valence-corrected chi connectivity index (χ1v) is 8.79. The topological polar surface area (TPSA) is 66.4 Å². The van der Waals surface area contributed by atoms with E-state index in [1.165, 1.54) is 17.4 Å². The second-order valence-corrected chi connectivity index (χ2v) is 7.44. The van der Waals surface area contributed by atoms with Gasteiger partial charge in [-0.1, -0.05) is 17.7 Å². The molecule has 0 saturated carbocycles. The summed E-state index contributed by atoms with van der Waals surface area (Å²) >= 11 is 7.17. The molecule has 0 bridgehead atoms. The lowest BCUT2D eigenvalue weighted by atomic mass is 10.2. The van der Waals surface area contributed by atoms with Crippen molar-refractivity contribution in [3.05, 3.63) is 50.9 Å². The van der Waals surface area contributed by atoms with Gasteiger partial charge in [0.1, 0.15) is 5.82 Å². The number of aliphatic hydroxyl groups is 1. The zero-order valence-corrected chi connectivity index (χ0v) is 13.2. The molecule has 0 fully saturated rings. The Morgan fingerprint density at radius 3 is 2.76 bits per heavy atom. The Labute approximate surface area is 131 Å². The Kier molecular flexibility index (Phi) is 5.34. The summed E-state index contributed by atoms with van der Waals surface area (Å²) in [5.41, 5.74) is 0.0373. The first-order valence-electron chi connectivity index (χ1n) is 6.05. The highest BCUT2D eigenvalue weighted by Gasteiger charge is 2.18. The number of sulfonamides is 1. The van der Waals surface area contributed by atoms with Gasteiger partial charge in [0.2, 0.25) is 10.0 Å². The van der Waals surface area contributed by atoms with Crippen LogP contribution >= 0.6 is 22.9 Å². The van der Waals surface area contributed by atoms with Crippen molar-refractivity contribution in [2.45, 2.75) is 17.9 Å². The molecule has 0 radical (unpaired) electrons. The lowest BCUT2D eigenvalue weighted by molar-refractivity contribution is 0.281. The minimum Gasteiger partial charge on any atom is -0.392 e. The highest BCUT2D eigenvalue weighted by molar-refractivity contribution is 7.89. The average Bonchev–Trinajstić information content (AvgIpc) is 2.94. The van der Waals surface area contributed by atoms with Gasteiger partial charge in [0.25, 0.3) is 0 Å². The van der Waals surface area contributed by atoms with E-state index in [1.54, 1.807) is 0 Å². The second-order valence-electron chi connectivity index (χ2n) is 4.26. The average molecular weight is 350 g/mol. The predicted octanol–water partition coefficient (Wildman–Crippen LogP) is 2.55. The smallest absolute Gasteiger partial charge is 0.240 e. The maximum atomic E-state index is 13.6. The van der Waals surface area contributed by atoms with Crippen molar-refractivity contribution < 1.29 is 17.9 Å². The van der Waals surface area contributed by atoms with Gasteiger partial charge in [-0.2, -0.15) is 0 Å². The molecule has 114 valence electrons. The molecule has 8 heteroatoms. The fraction of sp³-hybridized carbons (Fsp3) is 0.231. The summed E-state index contributed by atoms with van der Waals surface area (Å²) in [6.45, 7) is -0.324. The van der Waals surface area contributed by atoms with Gasteiger partial charge in [-0.05, 0) is 30.0 Å². The third kappa shape index (κ3) is 4.02. The van der Waals surface area contributed by atoms with Gasteiger partial charge in [-0.25, -0.2) is 17.5 Å². The molecule has 0 unspecified atom stereocenters. The van der Waals surface area contributed by atoms with E-state index in [-0.39, 0.29) is 22.0 Å². The number of benzene rings is 1. The van der Waals surface area contributed by atoms with Crippen LogP contribution in [0.4, 0.5) is 4.39 Å². The van der Waals surface area contributed by atoms with Crippen LogP contribution in [0.1, 0.15) is 10.4 Å². The molecule has 0 atom stereocenters. The third-order valence-electron chi connectivity index (χ3n) is 2.80. The minimum absolute atomic E-state index is 0.0373. The first-order chi connectivity index (χ1) is 9.94. The number of aliphatic hydroxyl groups excluding tert-OH is 1. The van der Waals surface area contributed by atoms with E-state index in [0.29, 0.717) is 6.42 Å². The third-order valence-corrected chi connectivity index (χ3v) is 5.60. The fourth-order valence-corrected chi connectivity index (χ4v) is 3.71. The van der Waals surface area contributed by atoms with Crippen molar-refractivity contribution in [1.82, 2.24) is 4.72 Å². The van der Waals surface area contributed by atoms with E-state index in [1.807, 2.05) is 17.5 Å². The summed E-state index contributed by atoms with van der Waals surface area (Å²) in [4.78, 5) is 0.802. The Morgan fingerprint density at radius 2 is 2.14 bits per heavy atom. The van der Waals surface area contributed by atoms with Crippen LogP contribution in [0.25, 0.3) is 0 Å². The molecular formula is C13H13ClFNO3S2. The second kappa shape index (κ2) is 6.85. The molecule has 2 aromatic rings. The number of nitrogens with one attached hydrogen (secondary N) is 1. The van der Waals surface area contributed by atoms with Crippen LogP contribution in [0.15, 0.2) is 34.5 Å². The Hall–Kier alpha value is -0.990. The summed E-state index contributed by atoms with van der Waals surface area (Å²) in [7, 11) is -3.84. The van der Waals surface area contributed by atoms with E-state index in [2.05, 4.69) is 4.72 Å². The zero-order chi connectivity index (χ0) is 15.5. The predicted molar refractivity (Wildman–Crippen MR) is 80.5 cm³/mol. The number of hydrogen-bond acceptors (Lipinski definition) is 4. The van der Waals surface area contributed by atoms with Crippen molar-refractivity contribution in [3.63, 3.8) is 0 Å². The largest absolute Gasteiger partial charge is 0.392 e. The van der Waals surface area contributed by atoms with Crippen molar-refractivity contribution in [1.29, 1.82) is 0 Å². The Balaban J connectivity index is 2.13. The van der Waals surface area contributed by atoms with Gasteiger partial charge in [-0.3, -0.25) is 0 Å². The van der Waals surface area contributed by atoms with Crippen molar-refractivity contribution >= 4 is 33.0 Å². The summed E-state index contributed by atoms with van der Waals surface area (Å²) in [6, 6.07) is 5.80. The number of halogens is 2. The normalized spacial score (nSPS) is 11.8. The summed E-state index contributed by atoms with van der Waals surface area (Å²) in [5, 5.41) is 10.7. The Morgan fingerprint density at radius 1 is 1.38 bits per heavy atom. The van der Waals surface area contributed by atoms with Crippen LogP contribution in [0.5, 0.6) is 0 Å². The van der Waals surface area contributed by atoms with Crippen molar-refractivity contribution in [3.8, 4) is 0 Å². The quantitative estimate of drug-likeness (QED) is 0.842. The zero-order valence-electron chi connectivity index (χ0n) is 10.8. The highest BCUT2D eigenvalue weighted by Crippen LogP contribution is 2.24. The maximum Gasteiger partial charge on any atom is 0.240 e. The minimum atomic E-state index is -3.84. The molecule has 0 aliphatic heterocycles. The van der Waals surface area contributed by atoms with Crippen LogP contribution in [-0.2, 0) is 23.1 Å². The molecule has 1 aromatic carbocycles. The molecule has 1 aromatic heterocycles. The van der Waals surface area contributed by atoms with Crippen molar-refractivity contribution in [2.75, 3.05) is 6.54 Å². The molecule has 0 aliphatic carbocycles.